The standard InChI is InChI=1S/C24H24N6O2/c1-15-20-19(32-22(15)23(31)26-12-16-6-10-29(2)27-16)11-24(7-8-24)18-14-30(28-21(18)20)13-17-5-3-4-9-25-17/h3-6,9-10,14H,7-8,11-13H2,1-2H3,(H,26,31). The number of fused-ring (bicyclic) bond motifs is 4. The fourth-order valence-electron chi connectivity index (χ4n) is 4.77. The first-order valence-electron chi connectivity index (χ1n) is 10.9. The van der Waals surface area contributed by atoms with Crippen LogP contribution in [0.15, 0.2) is 47.3 Å². The number of pyridine rings is 1. The second-order valence-corrected chi connectivity index (χ2v) is 8.88. The van der Waals surface area contributed by atoms with Crippen molar-refractivity contribution in [3.05, 3.63) is 76.9 Å². The molecule has 0 radical (unpaired) electrons. The van der Waals surface area contributed by atoms with Crippen LogP contribution in [0.4, 0.5) is 0 Å². The smallest absolute Gasteiger partial charge is 0.287 e. The maximum atomic E-state index is 12.9. The lowest BCUT2D eigenvalue weighted by atomic mass is 9.82. The van der Waals surface area contributed by atoms with Crippen molar-refractivity contribution in [2.75, 3.05) is 0 Å². The number of aryl methyl sites for hydroxylation is 1. The average molecular weight is 428 g/mol. The van der Waals surface area contributed by atoms with Gasteiger partial charge in [-0.05, 0) is 38.0 Å². The van der Waals surface area contributed by atoms with Crippen molar-refractivity contribution in [2.45, 2.75) is 44.7 Å². The highest BCUT2D eigenvalue weighted by Crippen LogP contribution is 2.58. The highest BCUT2D eigenvalue weighted by molar-refractivity contribution is 5.95. The van der Waals surface area contributed by atoms with E-state index in [4.69, 9.17) is 9.52 Å². The summed E-state index contributed by atoms with van der Waals surface area (Å²) in [5.41, 5.74) is 5.91. The topological polar surface area (TPSA) is 90.8 Å². The van der Waals surface area contributed by atoms with Gasteiger partial charge in [0.2, 0.25) is 0 Å². The molecule has 1 spiro atoms. The molecule has 2 aliphatic carbocycles. The molecule has 1 fully saturated rings. The van der Waals surface area contributed by atoms with Crippen molar-refractivity contribution in [3.8, 4) is 11.3 Å². The molecule has 8 heteroatoms. The Kier molecular flexibility index (Phi) is 4.11. The molecule has 6 rings (SSSR count). The van der Waals surface area contributed by atoms with Crippen molar-refractivity contribution >= 4 is 5.91 Å². The van der Waals surface area contributed by atoms with E-state index in [9.17, 15) is 4.79 Å². The molecule has 32 heavy (non-hydrogen) atoms. The third-order valence-electron chi connectivity index (χ3n) is 6.60. The monoisotopic (exact) mass is 428 g/mol. The highest BCUT2D eigenvalue weighted by atomic mass is 16.4. The second kappa shape index (κ2) is 6.91. The molecule has 1 amide bonds. The largest absolute Gasteiger partial charge is 0.455 e. The second-order valence-electron chi connectivity index (χ2n) is 8.88. The van der Waals surface area contributed by atoms with Crippen LogP contribution in [-0.4, -0.2) is 30.5 Å². The van der Waals surface area contributed by atoms with E-state index >= 15 is 0 Å². The van der Waals surface area contributed by atoms with Crippen LogP contribution in [-0.2, 0) is 32.0 Å². The zero-order valence-electron chi connectivity index (χ0n) is 18.1. The van der Waals surface area contributed by atoms with Gasteiger partial charge in [-0.15, -0.1) is 0 Å². The van der Waals surface area contributed by atoms with Crippen LogP contribution in [0.3, 0.4) is 0 Å². The molecule has 2 aliphatic rings. The van der Waals surface area contributed by atoms with Crippen LogP contribution in [0.2, 0.25) is 0 Å². The van der Waals surface area contributed by atoms with Crippen LogP contribution in [0.25, 0.3) is 11.3 Å². The number of hydrogen-bond donors (Lipinski definition) is 1. The first-order chi connectivity index (χ1) is 15.5. The normalized spacial score (nSPS) is 15.4. The van der Waals surface area contributed by atoms with Crippen LogP contribution >= 0.6 is 0 Å². The minimum absolute atomic E-state index is 0.0939. The molecule has 1 N–H and O–H groups in total. The minimum Gasteiger partial charge on any atom is -0.455 e. The van der Waals surface area contributed by atoms with E-state index in [2.05, 4.69) is 21.6 Å². The molecule has 0 aromatic carbocycles. The SMILES string of the molecule is Cc1c(C(=O)NCc2ccn(C)n2)oc2c1-c1nn(Cc3ccccn3)cc1C1(CC1)C2. The number of aromatic nitrogens is 5. The van der Waals surface area contributed by atoms with Gasteiger partial charge in [-0.3, -0.25) is 19.1 Å². The zero-order chi connectivity index (χ0) is 21.9. The molecular weight excluding hydrogens is 404 g/mol. The fraction of sp³-hybridized carbons (Fsp3) is 0.333. The van der Waals surface area contributed by atoms with Gasteiger partial charge >= 0.3 is 0 Å². The number of carbonyl (C=O) groups excluding carboxylic acids is 1. The van der Waals surface area contributed by atoms with E-state index in [0.29, 0.717) is 18.8 Å². The third kappa shape index (κ3) is 3.05. The maximum Gasteiger partial charge on any atom is 0.287 e. The minimum atomic E-state index is -0.220. The lowest BCUT2D eigenvalue weighted by Crippen LogP contribution is -2.23. The van der Waals surface area contributed by atoms with E-state index in [0.717, 1.165) is 53.2 Å². The molecule has 0 saturated heterocycles. The van der Waals surface area contributed by atoms with Gasteiger partial charge < -0.3 is 9.73 Å². The molecule has 8 nitrogen and oxygen atoms in total. The predicted octanol–water partition coefficient (Wildman–Crippen LogP) is 3.15. The summed E-state index contributed by atoms with van der Waals surface area (Å²) >= 11 is 0. The van der Waals surface area contributed by atoms with Crippen molar-refractivity contribution in [1.82, 2.24) is 29.9 Å². The number of carbonyl (C=O) groups is 1. The Bertz CT molecular complexity index is 1330. The Morgan fingerprint density at radius 2 is 2.09 bits per heavy atom. The Labute approximate surface area is 185 Å². The van der Waals surface area contributed by atoms with Gasteiger partial charge in [0.05, 0.1) is 30.2 Å². The summed E-state index contributed by atoms with van der Waals surface area (Å²) in [7, 11) is 1.86. The van der Waals surface area contributed by atoms with Gasteiger partial charge in [0.1, 0.15) is 5.76 Å². The molecule has 4 aromatic rings. The van der Waals surface area contributed by atoms with Crippen molar-refractivity contribution in [3.63, 3.8) is 0 Å². The van der Waals surface area contributed by atoms with Gasteiger partial charge in [-0.1, -0.05) is 6.07 Å². The molecule has 4 heterocycles. The summed E-state index contributed by atoms with van der Waals surface area (Å²) in [4.78, 5) is 17.4. The van der Waals surface area contributed by atoms with Crippen LogP contribution < -0.4 is 5.32 Å². The molecule has 1 saturated carbocycles. The summed E-state index contributed by atoms with van der Waals surface area (Å²) < 4.78 is 9.84. The summed E-state index contributed by atoms with van der Waals surface area (Å²) in [5, 5.41) is 12.2. The molecular formula is C24H24N6O2. The number of furan rings is 1. The number of nitrogens with one attached hydrogen (secondary N) is 1. The van der Waals surface area contributed by atoms with E-state index < -0.39 is 0 Å². The van der Waals surface area contributed by atoms with Gasteiger partial charge in [0, 0.05) is 54.2 Å². The molecule has 0 aliphatic heterocycles. The summed E-state index contributed by atoms with van der Waals surface area (Å²) in [6, 6.07) is 7.80. The Morgan fingerprint density at radius 3 is 2.81 bits per heavy atom. The Balaban J connectivity index is 1.32. The first kappa shape index (κ1) is 19.0. The molecule has 4 aromatic heterocycles. The maximum absolute atomic E-state index is 12.9. The molecule has 0 atom stereocenters. The average Bonchev–Trinajstić information content (AvgIpc) is 3.08. The fourth-order valence-corrected chi connectivity index (χ4v) is 4.77. The lowest BCUT2D eigenvalue weighted by molar-refractivity contribution is 0.0919. The van der Waals surface area contributed by atoms with Gasteiger partial charge in [0.15, 0.2) is 5.76 Å². The van der Waals surface area contributed by atoms with E-state index in [1.807, 2.05) is 49.1 Å². The number of hydrogen-bond acceptors (Lipinski definition) is 5. The van der Waals surface area contributed by atoms with E-state index in [1.54, 1.807) is 10.9 Å². The quantitative estimate of drug-likeness (QED) is 0.527. The predicted molar refractivity (Wildman–Crippen MR) is 117 cm³/mol. The van der Waals surface area contributed by atoms with Crippen molar-refractivity contribution in [1.29, 1.82) is 0 Å². The number of rotatable bonds is 5. The Hall–Kier alpha value is -3.68. The first-order valence-corrected chi connectivity index (χ1v) is 10.9. The van der Waals surface area contributed by atoms with E-state index in [1.165, 1.54) is 5.56 Å². The zero-order valence-corrected chi connectivity index (χ0v) is 18.1. The van der Waals surface area contributed by atoms with Crippen LogP contribution in [0, 0.1) is 6.92 Å². The van der Waals surface area contributed by atoms with Crippen molar-refractivity contribution < 1.29 is 9.21 Å². The summed E-state index contributed by atoms with van der Waals surface area (Å²) in [6.07, 6.45) is 8.88. The van der Waals surface area contributed by atoms with Gasteiger partial charge in [0.25, 0.3) is 5.91 Å². The third-order valence-corrected chi connectivity index (χ3v) is 6.60. The Morgan fingerprint density at radius 1 is 1.22 bits per heavy atom. The van der Waals surface area contributed by atoms with E-state index in [-0.39, 0.29) is 11.3 Å². The molecule has 0 unspecified atom stereocenters. The molecule has 162 valence electrons. The summed E-state index contributed by atoms with van der Waals surface area (Å²) in [5.74, 6) is 1.02. The van der Waals surface area contributed by atoms with Crippen LogP contribution in [0.5, 0.6) is 0 Å². The number of nitrogens with zero attached hydrogens (tertiary/aromatic N) is 5. The van der Waals surface area contributed by atoms with Gasteiger partial charge in [-0.2, -0.15) is 10.2 Å². The lowest BCUT2D eigenvalue weighted by Gasteiger charge is -2.19. The van der Waals surface area contributed by atoms with Gasteiger partial charge in [-0.25, -0.2) is 0 Å². The molecule has 0 bridgehead atoms. The highest BCUT2D eigenvalue weighted by Gasteiger charge is 2.52. The summed E-state index contributed by atoms with van der Waals surface area (Å²) in [6.45, 7) is 2.93. The van der Waals surface area contributed by atoms with Crippen molar-refractivity contribution in [2.24, 2.45) is 7.05 Å². The van der Waals surface area contributed by atoms with Crippen LogP contribution in [0.1, 0.15) is 51.7 Å². The number of amides is 1.